The molecule has 120 valence electrons. The fourth-order valence-corrected chi connectivity index (χ4v) is 3.09. The Kier molecular flexibility index (Phi) is 6.44. The molecule has 0 aromatic heterocycles. The molecule has 0 aliphatic heterocycles. The van der Waals surface area contributed by atoms with Crippen molar-refractivity contribution in [3.63, 3.8) is 0 Å². The van der Waals surface area contributed by atoms with Crippen molar-refractivity contribution < 1.29 is 0 Å². The highest BCUT2D eigenvalue weighted by Gasteiger charge is 2.16. The molecule has 1 unspecified atom stereocenters. The van der Waals surface area contributed by atoms with Gasteiger partial charge >= 0.3 is 0 Å². The van der Waals surface area contributed by atoms with Gasteiger partial charge in [0.2, 0.25) is 5.96 Å². The first kappa shape index (κ1) is 16.8. The van der Waals surface area contributed by atoms with Crippen LogP contribution in [0, 0.1) is 28.7 Å². The number of nitrogens with zero attached hydrogens (tertiary/aromatic N) is 3. The Morgan fingerprint density at radius 1 is 1.22 bits per heavy atom. The van der Waals surface area contributed by atoms with Crippen LogP contribution in [0.3, 0.4) is 0 Å². The molecule has 1 aliphatic rings. The Morgan fingerprint density at radius 3 is 2.52 bits per heavy atom. The Morgan fingerprint density at radius 2 is 1.91 bits per heavy atom. The van der Waals surface area contributed by atoms with Crippen LogP contribution in [0.25, 0.3) is 0 Å². The predicted molar refractivity (Wildman–Crippen MR) is 91.6 cm³/mol. The van der Waals surface area contributed by atoms with Crippen LogP contribution in [-0.4, -0.2) is 12.0 Å². The number of hydrogen-bond donors (Lipinski definition) is 2. The summed E-state index contributed by atoms with van der Waals surface area (Å²) in [6.45, 7) is 2.09. The normalized spacial score (nSPS) is 16.9. The number of aliphatic imine (C=N–C) groups is 1. The summed E-state index contributed by atoms with van der Waals surface area (Å²) in [5.41, 5.74) is 1.41. The molecule has 5 heteroatoms. The minimum atomic E-state index is 0.167. The third kappa shape index (κ3) is 5.64. The van der Waals surface area contributed by atoms with Gasteiger partial charge in [-0.1, -0.05) is 32.1 Å². The lowest BCUT2D eigenvalue weighted by Crippen LogP contribution is -2.28. The zero-order valence-corrected chi connectivity index (χ0v) is 13.5. The Labute approximate surface area is 138 Å². The van der Waals surface area contributed by atoms with E-state index in [4.69, 9.17) is 10.5 Å². The van der Waals surface area contributed by atoms with E-state index in [1.807, 2.05) is 6.19 Å². The summed E-state index contributed by atoms with van der Waals surface area (Å²) in [6, 6.07) is 9.33. The van der Waals surface area contributed by atoms with Crippen molar-refractivity contribution in [1.29, 1.82) is 10.5 Å². The number of rotatable bonds is 4. The predicted octanol–water partition coefficient (Wildman–Crippen LogP) is 3.76. The molecular weight excluding hydrogens is 286 g/mol. The third-order valence-electron chi connectivity index (χ3n) is 4.20. The first-order valence-electron chi connectivity index (χ1n) is 8.21. The molecular formula is C18H23N5. The first-order chi connectivity index (χ1) is 11.2. The summed E-state index contributed by atoms with van der Waals surface area (Å²) in [5, 5.41) is 23.4. The number of hydrogen-bond acceptors (Lipinski definition) is 3. The van der Waals surface area contributed by atoms with Crippen molar-refractivity contribution in [2.45, 2.75) is 51.5 Å². The van der Waals surface area contributed by atoms with E-state index in [1.165, 1.54) is 32.1 Å². The van der Waals surface area contributed by atoms with E-state index in [0.717, 1.165) is 18.0 Å². The van der Waals surface area contributed by atoms with Gasteiger partial charge in [0.05, 0.1) is 17.7 Å². The average molecular weight is 309 g/mol. The molecule has 2 N–H and O–H groups in total. The van der Waals surface area contributed by atoms with Crippen LogP contribution in [0.4, 0.5) is 5.69 Å². The molecule has 1 aromatic rings. The number of guanidine groups is 1. The lowest BCUT2D eigenvalue weighted by Gasteiger charge is -2.23. The van der Waals surface area contributed by atoms with Gasteiger partial charge in [-0.3, -0.25) is 5.32 Å². The molecule has 5 nitrogen and oxygen atoms in total. The maximum atomic E-state index is 8.91. The van der Waals surface area contributed by atoms with Gasteiger partial charge in [-0.15, -0.1) is 0 Å². The van der Waals surface area contributed by atoms with E-state index in [9.17, 15) is 0 Å². The summed E-state index contributed by atoms with van der Waals surface area (Å²) < 4.78 is 0. The van der Waals surface area contributed by atoms with E-state index in [1.54, 1.807) is 24.3 Å². The van der Waals surface area contributed by atoms with E-state index in [2.05, 4.69) is 28.6 Å². The molecule has 1 saturated carbocycles. The minimum absolute atomic E-state index is 0.167. The average Bonchev–Trinajstić information content (AvgIpc) is 2.56. The summed E-state index contributed by atoms with van der Waals surface area (Å²) in [6.07, 6.45) is 9.59. The highest BCUT2D eigenvalue weighted by Crippen LogP contribution is 2.27. The number of anilines is 1. The molecule has 2 rings (SSSR count). The summed E-state index contributed by atoms with van der Waals surface area (Å²) in [4.78, 5) is 4.61. The Hall–Kier alpha value is -2.53. The molecule has 0 radical (unpaired) electrons. The Balaban J connectivity index is 1.97. The molecule has 1 atom stereocenters. The fourth-order valence-electron chi connectivity index (χ4n) is 3.09. The molecule has 0 saturated heterocycles. The van der Waals surface area contributed by atoms with Gasteiger partial charge < -0.3 is 5.32 Å². The fraction of sp³-hybridized carbons (Fsp3) is 0.500. The molecule has 0 heterocycles. The van der Waals surface area contributed by atoms with Gasteiger partial charge in [-0.25, -0.2) is 4.99 Å². The quantitative estimate of drug-likeness (QED) is 0.384. The summed E-state index contributed by atoms with van der Waals surface area (Å²) in [7, 11) is 0. The van der Waals surface area contributed by atoms with Crippen molar-refractivity contribution in [2.75, 3.05) is 5.32 Å². The molecule has 1 aliphatic carbocycles. The number of nitrogens with one attached hydrogen (secondary N) is 2. The van der Waals surface area contributed by atoms with Gasteiger partial charge in [0, 0.05) is 5.69 Å². The topological polar surface area (TPSA) is 84.0 Å². The van der Waals surface area contributed by atoms with Gasteiger partial charge in [0.15, 0.2) is 6.19 Å². The van der Waals surface area contributed by atoms with Crippen molar-refractivity contribution in [1.82, 2.24) is 5.32 Å². The monoisotopic (exact) mass is 309 g/mol. The number of nitriles is 2. The first-order valence-corrected chi connectivity index (χ1v) is 8.21. The van der Waals surface area contributed by atoms with Crippen LogP contribution in [0.1, 0.15) is 51.0 Å². The second kappa shape index (κ2) is 8.80. The van der Waals surface area contributed by atoms with Crippen LogP contribution in [-0.2, 0) is 0 Å². The van der Waals surface area contributed by atoms with E-state index in [0.29, 0.717) is 11.5 Å². The van der Waals surface area contributed by atoms with Crippen LogP contribution in [0.5, 0.6) is 0 Å². The second-order valence-corrected chi connectivity index (χ2v) is 6.12. The largest absolute Gasteiger partial charge is 0.326 e. The molecule has 1 aromatic carbocycles. The van der Waals surface area contributed by atoms with Gasteiger partial charge in [-0.05, 0) is 43.5 Å². The standard InChI is InChI=1S/C18H23N5/c1-14(11-15-5-3-2-4-6-15)22-18(21-13-20)23-17-9-7-16(12-19)8-10-17/h7-10,14-15H,2-6,11H2,1H3,(H2,21,22,23). The van der Waals surface area contributed by atoms with E-state index < -0.39 is 0 Å². The highest BCUT2D eigenvalue weighted by molar-refractivity contribution is 5.94. The lowest BCUT2D eigenvalue weighted by atomic mass is 9.85. The van der Waals surface area contributed by atoms with Gasteiger partial charge in [0.1, 0.15) is 0 Å². The minimum Gasteiger partial charge on any atom is -0.326 e. The van der Waals surface area contributed by atoms with E-state index in [-0.39, 0.29) is 6.04 Å². The third-order valence-corrected chi connectivity index (χ3v) is 4.20. The van der Waals surface area contributed by atoms with E-state index >= 15 is 0 Å². The molecule has 0 amide bonds. The maximum absolute atomic E-state index is 8.91. The van der Waals surface area contributed by atoms with Crippen LogP contribution in [0.15, 0.2) is 29.3 Å². The van der Waals surface area contributed by atoms with Crippen molar-refractivity contribution in [2.24, 2.45) is 10.9 Å². The smallest absolute Gasteiger partial charge is 0.209 e. The molecule has 1 fully saturated rings. The molecule has 0 bridgehead atoms. The zero-order chi connectivity index (χ0) is 16.5. The van der Waals surface area contributed by atoms with Crippen molar-refractivity contribution >= 4 is 11.6 Å². The zero-order valence-electron chi connectivity index (χ0n) is 13.5. The highest BCUT2D eigenvalue weighted by atomic mass is 15.2. The molecule has 0 spiro atoms. The molecule has 23 heavy (non-hydrogen) atoms. The summed E-state index contributed by atoms with van der Waals surface area (Å²) in [5.74, 6) is 1.21. The van der Waals surface area contributed by atoms with Crippen molar-refractivity contribution in [3.8, 4) is 12.3 Å². The van der Waals surface area contributed by atoms with Crippen LogP contribution >= 0.6 is 0 Å². The van der Waals surface area contributed by atoms with Crippen LogP contribution < -0.4 is 10.6 Å². The second-order valence-electron chi connectivity index (χ2n) is 6.12. The van der Waals surface area contributed by atoms with Gasteiger partial charge in [-0.2, -0.15) is 10.5 Å². The lowest BCUT2D eigenvalue weighted by molar-refractivity contribution is 0.323. The van der Waals surface area contributed by atoms with Crippen molar-refractivity contribution in [3.05, 3.63) is 29.8 Å². The maximum Gasteiger partial charge on any atom is 0.209 e. The number of benzene rings is 1. The summed E-state index contributed by atoms with van der Waals surface area (Å²) >= 11 is 0. The van der Waals surface area contributed by atoms with Gasteiger partial charge in [0.25, 0.3) is 0 Å². The Bertz CT molecular complexity index is 600. The van der Waals surface area contributed by atoms with Crippen LogP contribution in [0.2, 0.25) is 0 Å². The SMILES string of the molecule is CC(CC1CCCCC1)/N=C(\NC#N)Nc1ccc(C#N)cc1.